The smallest absolute Gasteiger partial charge is 0.293 e. The lowest BCUT2D eigenvalue weighted by Crippen LogP contribution is -2.58. The first-order chi connectivity index (χ1) is 17.2. The van der Waals surface area contributed by atoms with Gasteiger partial charge in [-0.15, -0.1) is 0 Å². The average Bonchev–Trinajstić information content (AvgIpc) is 2.86. The van der Waals surface area contributed by atoms with Crippen molar-refractivity contribution in [3.63, 3.8) is 0 Å². The van der Waals surface area contributed by atoms with Crippen molar-refractivity contribution in [2.24, 2.45) is 21.7 Å². The van der Waals surface area contributed by atoms with Crippen LogP contribution in [0.5, 0.6) is 0 Å². The van der Waals surface area contributed by atoms with E-state index in [1.54, 1.807) is 0 Å². The predicted molar refractivity (Wildman–Crippen MR) is 212 cm³/mol. The van der Waals surface area contributed by atoms with Gasteiger partial charge >= 0.3 is 30.0 Å². The van der Waals surface area contributed by atoms with E-state index in [4.69, 9.17) is 0 Å². The third kappa shape index (κ3) is 19.2. The fraction of sp³-hybridized carbons (Fsp3) is 1.00. The van der Waals surface area contributed by atoms with Gasteiger partial charge < -0.3 is 0 Å². The van der Waals surface area contributed by atoms with Crippen LogP contribution in [0.1, 0.15) is 164 Å². The van der Waals surface area contributed by atoms with Gasteiger partial charge in [0.2, 0.25) is 0 Å². The highest BCUT2D eigenvalue weighted by molar-refractivity contribution is 15.0. The van der Waals surface area contributed by atoms with Crippen LogP contribution in [-0.2, 0) is 9.47 Å². The molecule has 1 rings (SSSR count). The molecule has 0 aliphatic carbocycles. The molecule has 50 heavy (non-hydrogen) atoms. The number of rotatable bonds is 2. The van der Waals surface area contributed by atoms with Gasteiger partial charge in [0.05, 0.1) is 0 Å². The van der Waals surface area contributed by atoms with E-state index in [2.05, 4.69) is 116 Å². The zero-order valence-electron chi connectivity index (χ0n) is 25.6. The van der Waals surface area contributed by atoms with Gasteiger partial charge in [-0.1, -0.05) is 136 Å². The van der Waals surface area contributed by atoms with Crippen molar-refractivity contribution in [1.29, 1.82) is 0 Å². The largest absolute Gasteiger partial charge is 0.453 e. The minimum Gasteiger partial charge on any atom is -0.293 e. The number of hydrogen-bond acceptors (Lipinski definition) is 2. The van der Waals surface area contributed by atoms with Crippen LogP contribution in [0.3, 0.4) is 0 Å². The van der Waals surface area contributed by atoms with Gasteiger partial charge in [0, 0.05) is 64.9 Å². The van der Waals surface area contributed by atoms with Gasteiger partial charge in [-0.05, 0) is 21.7 Å². The van der Waals surface area contributed by atoms with Gasteiger partial charge in [-0.25, -0.2) is 26.3 Å². The molecule has 0 spiro atoms. The highest BCUT2D eigenvalue weighted by Crippen LogP contribution is 2.59. The summed E-state index contributed by atoms with van der Waals surface area (Å²) in [5.41, 5.74) is 1.31. The maximum atomic E-state index is 13.2. The van der Waals surface area contributed by atoms with Crippen molar-refractivity contribution < 1.29 is 62.2 Å². The number of halogens is 14. The minimum atomic E-state index is -6.18. The zero-order valence-corrected chi connectivity index (χ0v) is 29.9. The molecule has 0 aromatic carbocycles. The summed E-state index contributed by atoms with van der Waals surface area (Å²) in [6.07, 6.45) is -12.4. The molecule has 2 unspecified atom stereocenters. The molecule has 0 radical (unpaired) electrons. The van der Waals surface area contributed by atoms with E-state index in [-0.39, 0.29) is 94.5 Å². The molecule has 1 aliphatic rings. The molecule has 2 atom stereocenters. The lowest BCUT2D eigenvalue weighted by molar-refractivity contribution is -0.458. The van der Waals surface area contributed by atoms with E-state index in [1.165, 1.54) is 0 Å². The quantitative estimate of drug-likeness (QED) is 0.203. The molecule has 1 fully saturated rings. The van der Waals surface area contributed by atoms with Crippen molar-refractivity contribution in [3.8, 4) is 0 Å². The molecule has 0 saturated carbocycles. The summed E-state index contributed by atoms with van der Waals surface area (Å²) in [6.45, 7) is 24.2. The lowest BCUT2D eigenvalue weighted by Gasteiger charge is -2.57. The molecule has 1 aliphatic heterocycles. The third-order valence-corrected chi connectivity index (χ3v) is 8.30. The molecule has 0 aromatic rings. The third-order valence-electron chi connectivity index (χ3n) is 8.30. The minimum absolute atomic E-state index is 0. The van der Waals surface area contributed by atoms with Crippen LogP contribution >= 0.6 is 37.2 Å². The molecule has 2 nitrogen and oxygen atoms in total. The molecule has 0 N–H and O–H groups in total. The van der Waals surface area contributed by atoms with Crippen LogP contribution in [0.15, 0.2) is 0 Å². The fourth-order valence-electron chi connectivity index (χ4n) is 3.01. The molecule has 324 valence electrons. The van der Waals surface area contributed by atoms with E-state index in [0.29, 0.717) is 21.7 Å². The standard InChI is InChI=1S/C14H30.C7H6F8O2.C4H6F4.9CH4.I2/c1-11(2,3)13(7,8)14(9,10)12(4,5)6;1-3(8)4(2,9)17-5(16-3,6(10,11)12)7(13,14)15;1-3(5,6)4(2,7)8;;;;;;;;;;1-2/h1-10H3;1-2H3;1-2H3;9*1H4;. The number of alkyl halides is 12. The molecule has 16 heteroatoms. The Morgan fingerprint density at radius 3 is 0.580 bits per heavy atom. The Morgan fingerprint density at radius 2 is 0.520 bits per heavy atom. The van der Waals surface area contributed by atoms with Crippen LogP contribution in [0, 0.1) is 21.7 Å². The van der Waals surface area contributed by atoms with Crippen molar-refractivity contribution in [1.82, 2.24) is 0 Å². The molecule has 0 aromatic heterocycles. The first-order valence-electron chi connectivity index (χ1n) is 12.0. The normalized spacial score (nSPS) is 19.9. The summed E-state index contributed by atoms with van der Waals surface area (Å²) >= 11 is 4.24. The molecule has 0 amide bonds. The van der Waals surface area contributed by atoms with Gasteiger partial charge in [-0.2, -0.15) is 26.3 Å². The fourth-order valence-corrected chi connectivity index (χ4v) is 3.01. The second-order valence-corrected chi connectivity index (χ2v) is 13.2. The van der Waals surface area contributed by atoms with Crippen LogP contribution in [0.25, 0.3) is 0 Å². The van der Waals surface area contributed by atoms with E-state index in [9.17, 15) is 52.7 Å². The summed E-state index contributed by atoms with van der Waals surface area (Å²) in [7, 11) is 0. The van der Waals surface area contributed by atoms with E-state index >= 15 is 0 Å². The first kappa shape index (κ1) is 83.5. The summed E-state index contributed by atoms with van der Waals surface area (Å²) < 4.78 is 152. The number of hydrogen-bond donors (Lipinski definition) is 0. The Balaban J connectivity index is -0.0000000404. The second kappa shape index (κ2) is 24.8. The second-order valence-electron chi connectivity index (χ2n) is 13.2. The molecule has 1 saturated heterocycles. The summed E-state index contributed by atoms with van der Waals surface area (Å²) in [5, 5.41) is 0. The highest BCUT2D eigenvalue weighted by Gasteiger charge is 2.84. The van der Waals surface area contributed by atoms with E-state index < -0.39 is 41.7 Å². The molecule has 1 heterocycles. The summed E-state index contributed by atoms with van der Waals surface area (Å²) in [4.78, 5) is 0. The van der Waals surface area contributed by atoms with Crippen molar-refractivity contribution in [3.05, 3.63) is 0 Å². The predicted octanol–water partition coefficient (Wildman–Crippen LogP) is 18.1. The maximum Gasteiger partial charge on any atom is 0.453 e. The molecular weight excluding hydrogens is 922 g/mol. The van der Waals surface area contributed by atoms with Crippen LogP contribution in [0.2, 0.25) is 0 Å². The van der Waals surface area contributed by atoms with Crippen LogP contribution < -0.4 is 0 Å². The van der Waals surface area contributed by atoms with Crippen molar-refractivity contribution in [2.45, 2.75) is 205 Å². The monoisotopic (exact) mass is 1000 g/mol. The topological polar surface area (TPSA) is 18.5 Å². The Morgan fingerprint density at radius 1 is 0.380 bits per heavy atom. The van der Waals surface area contributed by atoms with Crippen LogP contribution in [0.4, 0.5) is 52.7 Å². The van der Waals surface area contributed by atoms with Gasteiger partial charge in [-0.3, -0.25) is 9.47 Å². The van der Waals surface area contributed by atoms with Crippen molar-refractivity contribution in [2.75, 3.05) is 0 Å². The van der Waals surface area contributed by atoms with Crippen LogP contribution in [-0.4, -0.2) is 41.7 Å². The first-order valence-corrected chi connectivity index (χ1v) is 18.3. The highest BCUT2D eigenvalue weighted by atomic mass is 128. The average molecular weight is 1000 g/mol. The Hall–Kier alpha value is 0.540. The Bertz CT molecular complexity index is 747. The van der Waals surface area contributed by atoms with Crippen molar-refractivity contribution >= 4 is 37.2 Å². The van der Waals surface area contributed by atoms with E-state index in [0.717, 1.165) is 0 Å². The summed E-state index contributed by atoms with van der Waals surface area (Å²) in [5.74, 6) is -20.9. The maximum absolute atomic E-state index is 13.2. The van der Waals surface area contributed by atoms with Gasteiger partial charge in [0.25, 0.3) is 11.7 Å². The van der Waals surface area contributed by atoms with Gasteiger partial charge in [0.1, 0.15) is 0 Å². The SMILES string of the molecule is C.C.C.C.C.C.C.C.C.CC(C)(C)C(C)(C)C(C)(C)C(C)(C)C.CC(F)(F)C(C)(F)F.CC1(F)OC(C(F)(F)F)(C(F)(F)F)OC1(C)F.II. The van der Waals surface area contributed by atoms with Gasteiger partial charge in [0.15, 0.2) is 0 Å². The number of ether oxygens (including phenoxy) is 2. The Labute approximate surface area is 325 Å². The zero-order chi connectivity index (χ0) is 34.9. The molecular formula is C34H78F12I2O2. The molecule has 0 bridgehead atoms. The summed E-state index contributed by atoms with van der Waals surface area (Å²) in [6, 6.07) is 0. The lowest BCUT2D eigenvalue weighted by atomic mass is 9.48. The Kier molecular flexibility index (Phi) is 41.5. The van der Waals surface area contributed by atoms with E-state index in [1.807, 2.05) is 0 Å².